The van der Waals surface area contributed by atoms with Crippen LogP contribution in [0.4, 0.5) is 10.1 Å². The Kier molecular flexibility index (Phi) is 2.79. The van der Waals surface area contributed by atoms with Crippen LogP contribution in [0.15, 0.2) is 46.9 Å². The van der Waals surface area contributed by atoms with Crippen LogP contribution in [0.3, 0.4) is 0 Å². The lowest BCUT2D eigenvalue weighted by Gasteiger charge is -2.02. The molecule has 1 aromatic heterocycles. The zero-order chi connectivity index (χ0) is 14.3. The highest BCUT2D eigenvalue weighted by atomic mass is 19.1. The molecule has 3 aromatic rings. The maximum atomic E-state index is 13.1. The summed E-state index contributed by atoms with van der Waals surface area (Å²) in [4.78, 5) is 12.3. The summed E-state index contributed by atoms with van der Waals surface area (Å²) in [5.74, 6) is -0.459. The SMILES string of the molecule is Cc1ccc(C(=O)c2cc3cc(F)ccc3o2)cc1N. The van der Waals surface area contributed by atoms with E-state index < -0.39 is 0 Å². The van der Waals surface area contributed by atoms with Crippen molar-refractivity contribution in [2.75, 3.05) is 5.73 Å². The second kappa shape index (κ2) is 4.49. The molecule has 0 aliphatic carbocycles. The summed E-state index contributed by atoms with van der Waals surface area (Å²) in [5, 5.41) is 0.563. The van der Waals surface area contributed by atoms with E-state index in [0.717, 1.165) is 5.56 Å². The smallest absolute Gasteiger partial charge is 0.228 e. The van der Waals surface area contributed by atoms with E-state index in [2.05, 4.69) is 0 Å². The Morgan fingerprint density at radius 1 is 1.15 bits per heavy atom. The third-order valence-electron chi connectivity index (χ3n) is 3.24. The number of fused-ring (bicyclic) bond motifs is 1. The molecule has 0 aliphatic heterocycles. The summed E-state index contributed by atoms with van der Waals surface area (Å²) < 4.78 is 18.6. The van der Waals surface area contributed by atoms with Crippen molar-refractivity contribution in [3.8, 4) is 0 Å². The summed E-state index contributed by atoms with van der Waals surface area (Å²) in [7, 11) is 0. The van der Waals surface area contributed by atoms with Gasteiger partial charge in [-0.05, 0) is 42.8 Å². The van der Waals surface area contributed by atoms with Gasteiger partial charge in [-0.3, -0.25) is 4.79 Å². The highest BCUT2D eigenvalue weighted by Crippen LogP contribution is 2.23. The average Bonchev–Trinajstić information content (AvgIpc) is 2.84. The molecule has 0 bridgehead atoms. The monoisotopic (exact) mass is 269 g/mol. The van der Waals surface area contributed by atoms with Crippen LogP contribution in [0, 0.1) is 12.7 Å². The average molecular weight is 269 g/mol. The van der Waals surface area contributed by atoms with Crippen molar-refractivity contribution in [2.45, 2.75) is 6.92 Å². The number of carbonyl (C=O) groups excluding carboxylic acids is 1. The second-order valence-electron chi connectivity index (χ2n) is 4.69. The number of aryl methyl sites for hydroxylation is 1. The molecule has 0 atom stereocenters. The Hall–Kier alpha value is -2.62. The molecule has 20 heavy (non-hydrogen) atoms. The van der Waals surface area contributed by atoms with Crippen LogP contribution < -0.4 is 5.73 Å². The van der Waals surface area contributed by atoms with Crippen molar-refractivity contribution in [3.05, 3.63) is 65.2 Å². The highest BCUT2D eigenvalue weighted by Gasteiger charge is 2.15. The number of nitrogen functional groups attached to an aromatic ring is 1. The van der Waals surface area contributed by atoms with E-state index in [1.54, 1.807) is 18.2 Å². The number of hydrogen-bond donors (Lipinski definition) is 1. The quantitative estimate of drug-likeness (QED) is 0.570. The first kappa shape index (κ1) is 12.4. The molecule has 0 saturated heterocycles. The standard InChI is InChI=1S/C16H12FNO2/c1-9-2-3-10(7-13(9)18)16(19)15-8-11-6-12(17)4-5-14(11)20-15/h2-8H,18H2,1H3. The normalized spacial score (nSPS) is 10.9. The van der Waals surface area contributed by atoms with Gasteiger partial charge in [-0.1, -0.05) is 12.1 Å². The number of rotatable bonds is 2. The molecular formula is C16H12FNO2. The molecular weight excluding hydrogens is 257 g/mol. The van der Waals surface area contributed by atoms with Gasteiger partial charge in [0.1, 0.15) is 11.4 Å². The largest absolute Gasteiger partial charge is 0.453 e. The van der Waals surface area contributed by atoms with Gasteiger partial charge in [0, 0.05) is 16.6 Å². The Morgan fingerprint density at radius 2 is 1.95 bits per heavy atom. The minimum Gasteiger partial charge on any atom is -0.453 e. The molecule has 3 rings (SSSR count). The van der Waals surface area contributed by atoms with Gasteiger partial charge >= 0.3 is 0 Å². The molecule has 0 unspecified atom stereocenters. The minimum atomic E-state index is -0.364. The summed E-state index contributed by atoms with van der Waals surface area (Å²) in [6.45, 7) is 1.87. The van der Waals surface area contributed by atoms with Gasteiger partial charge in [0.05, 0.1) is 0 Å². The fourth-order valence-corrected chi connectivity index (χ4v) is 2.05. The third kappa shape index (κ3) is 2.05. The summed E-state index contributed by atoms with van der Waals surface area (Å²) in [5.41, 5.74) is 8.20. The van der Waals surface area contributed by atoms with Gasteiger partial charge in [0.15, 0.2) is 5.76 Å². The number of carbonyl (C=O) groups is 1. The summed E-state index contributed by atoms with van der Waals surface area (Å²) >= 11 is 0. The van der Waals surface area contributed by atoms with Crippen LogP contribution in [-0.4, -0.2) is 5.78 Å². The molecule has 0 spiro atoms. The number of hydrogen-bond acceptors (Lipinski definition) is 3. The van der Waals surface area contributed by atoms with E-state index in [-0.39, 0.29) is 17.4 Å². The van der Waals surface area contributed by atoms with Crippen molar-refractivity contribution in [1.82, 2.24) is 0 Å². The maximum Gasteiger partial charge on any atom is 0.228 e. The molecule has 4 heteroatoms. The minimum absolute atomic E-state index is 0.175. The molecule has 1 heterocycles. The van der Waals surface area contributed by atoms with E-state index in [1.807, 2.05) is 6.92 Å². The molecule has 2 N–H and O–H groups in total. The number of halogens is 1. The Labute approximate surface area is 114 Å². The van der Waals surface area contributed by atoms with Gasteiger partial charge in [-0.15, -0.1) is 0 Å². The lowest BCUT2D eigenvalue weighted by molar-refractivity contribution is 0.101. The molecule has 3 nitrogen and oxygen atoms in total. The molecule has 0 fully saturated rings. The second-order valence-corrected chi connectivity index (χ2v) is 4.69. The van der Waals surface area contributed by atoms with Gasteiger partial charge in [-0.2, -0.15) is 0 Å². The molecule has 0 saturated carbocycles. The van der Waals surface area contributed by atoms with Crippen molar-refractivity contribution in [3.63, 3.8) is 0 Å². The Morgan fingerprint density at radius 3 is 2.70 bits per heavy atom. The predicted molar refractivity (Wildman–Crippen MR) is 75.2 cm³/mol. The van der Waals surface area contributed by atoms with Crippen molar-refractivity contribution in [1.29, 1.82) is 0 Å². The van der Waals surface area contributed by atoms with Gasteiger partial charge in [0.25, 0.3) is 0 Å². The van der Waals surface area contributed by atoms with Crippen LogP contribution in [0.1, 0.15) is 21.7 Å². The fraction of sp³-hybridized carbons (Fsp3) is 0.0625. The lowest BCUT2D eigenvalue weighted by Crippen LogP contribution is -2.01. The first-order chi connectivity index (χ1) is 9.54. The number of nitrogens with two attached hydrogens (primary N) is 1. The van der Waals surface area contributed by atoms with E-state index in [9.17, 15) is 9.18 Å². The van der Waals surface area contributed by atoms with Gasteiger partial charge in [-0.25, -0.2) is 4.39 Å². The maximum absolute atomic E-state index is 13.1. The highest BCUT2D eigenvalue weighted by molar-refractivity contribution is 6.09. The van der Waals surface area contributed by atoms with Gasteiger partial charge in [0.2, 0.25) is 5.78 Å². The van der Waals surface area contributed by atoms with E-state index in [0.29, 0.717) is 22.2 Å². The molecule has 0 radical (unpaired) electrons. The Bertz CT molecular complexity index is 820. The van der Waals surface area contributed by atoms with Crippen LogP contribution in [-0.2, 0) is 0 Å². The molecule has 0 aliphatic rings. The van der Waals surface area contributed by atoms with Crippen molar-refractivity contribution < 1.29 is 13.6 Å². The molecule has 0 amide bonds. The Balaban J connectivity index is 2.05. The van der Waals surface area contributed by atoms with E-state index in [4.69, 9.17) is 10.2 Å². The van der Waals surface area contributed by atoms with Crippen molar-refractivity contribution in [2.24, 2.45) is 0 Å². The van der Waals surface area contributed by atoms with Crippen LogP contribution in [0.2, 0.25) is 0 Å². The first-order valence-corrected chi connectivity index (χ1v) is 6.14. The number of anilines is 1. The molecule has 2 aromatic carbocycles. The predicted octanol–water partition coefficient (Wildman–Crippen LogP) is 3.69. The van der Waals surface area contributed by atoms with E-state index >= 15 is 0 Å². The van der Waals surface area contributed by atoms with Crippen molar-refractivity contribution >= 4 is 22.4 Å². The van der Waals surface area contributed by atoms with Crippen LogP contribution >= 0.6 is 0 Å². The molecule has 100 valence electrons. The number of furan rings is 1. The van der Waals surface area contributed by atoms with Crippen LogP contribution in [0.5, 0.6) is 0 Å². The van der Waals surface area contributed by atoms with E-state index in [1.165, 1.54) is 24.3 Å². The zero-order valence-electron chi connectivity index (χ0n) is 10.8. The summed E-state index contributed by atoms with van der Waals surface area (Å²) in [6, 6.07) is 10.8. The zero-order valence-corrected chi connectivity index (χ0v) is 10.8. The third-order valence-corrected chi connectivity index (χ3v) is 3.24. The first-order valence-electron chi connectivity index (χ1n) is 6.14. The fourth-order valence-electron chi connectivity index (χ4n) is 2.05. The topological polar surface area (TPSA) is 56.2 Å². The lowest BCUT2D eigenvalue weighted by atomic mass is 10.1. The van der Waals surface area contributed by atoms with Crippen LogP contribution in [0.25, 0.3) is 11.0 Å². The number of ketones is 1. The summed E-state index contributed by atoms with van der Waals surface area (Å²) in [6.07, 6.45) is 0. The van der Waals surface area contributed by atoms with Gasteiger partial charge < -0.3 is 10.2 Å². The number of benzene rings is 2.